The number of amides is 3. The van der Waals surface area contributed by atoms with Crippen molar-refractivity contribution < 1.29 is 19.4 Å². The molecule has 170 valence electrons. The van der Waals surface area contributed by atoms with Crippen LogP contribution in [0.15, 0.2) is 24.3 Å². The van der Waals surface area contributed by atoms with Crippen molar-refractivity contribution in [1.82, 2.24) is 20.4 Å². The van der Waals surface area contributed by atoms with Crippen LogP contribution in [-0.2, 0) is 11.3 Å². The van der Waals surface area contributed by atoms with Gasteiger partial charge in [0.2, 0.25) is 5.91 Å². The molecule has 1 saturated heterocycles. The van der Waals surface area contributed by atoms with Crippen molar-refractivity contribution >= 4 is 11.9 Å². The molecule has 3 fully saturated rings. The molecule has 2 aliphatic carbocycles. The Morgan fingerprint density at radius 2 is 1.87 bits per heavy atom. The van der Waals surface area contributed by atoms with Crippen LogP contribution >= 0.6 is 0 Å². The number of piperazine rings is 1. The van der Waals surface area contributed by atoms with Crippen LogP contribution in [0.5, 0.6) is 5.75 Å². The summed E-state index contributed by atoms with van der Waals surface area (Å²) in [5, 5.41) is 15.6. The fourth-order valence-electron chi connectivity index (χ4n) is 5.43. The average molecular weight is 431 g/mol. The van der Waals surface area contributed by atoms with Crippen LogP contribution in [0.1, 0.15) is 31.2 Å². The Hall–Kier alpha value is -2.32. The summed E-state index contributed by atoms with van der Waals surface area (Å²) in [5.74, 6) is 1.07. The number of methoxy groups -OCH3 is 1. The second-order valence-electron chi connectivity index (χ2n) is 9.52. The first-order valence-electron chi connectivity index (χ1n) is 11.2. The normalized spacial score (nSPS) is 30.3. The Morgan fingerprint density at radius 3 is 2.52 bits per heavy atom. The summed E-state index contributed by atoms with van der Waals surface area (Å²) in [6.45, 7) is 2.78. The number of hydrogen-bond acceptors (Lipinski definition) is 5. The highest BCUT2D eigenvalue weighted by molar-refractivity contribution is 5.80. The van der Waals surface area contributed by atoms with Gasteiger partial charge < -0.3 is 30.3 Å². The summed E-state index contributed by atoms with van der Waals surface area (Å²) < 4.78 is 5.14. The molecule has 8 heteroatoms. The standard InChI is InChI=1S/C23H34N4O4/c1-26-7-8-27(19(14-26)15-28)21(29)17-9-23(10-17)11-18(12-23)25-22(30)24-13-16-3-5-20(31-2)6-4-16/h3-6,17-19,28H,7-15H2,1-2H3,(H2,24,25,30). The van der Waals surface area contributed by atoms with Gasteiger partial charge in [-0.2, -0.15) is 0 Å². The van der Waals surface area contributed by atoms with E-state index in [-0.39, 0.29) is 42.0 Å². The molecular formula is C23H34N4O4. The number of benzene rings is 1. The second-order valence-corrected chi connectivity index (χ2v) is 9.52. The van der Waals surface area contributed by atoms with Crippen LogP contribution in [0.4, 0.5) is 4.79 Å². The Morgan fingerprint density at radius 1 is 1.16 bits per heavy atom. The number of aliphatic hydroxyl groups excluding tert-OH is 1. The molecule has 1 aliphatic heterocycles. The predicted octanol–water partition coefficient (Wildman–Crippen LogP) is 1.19. The van der Waals surface area contributed by atoms with Gasteiger partial charge in [-0.15, -0.1) is 0 Å². The third-order valence-corrected chi connectivity index (χ3v) is 7.19. The zero-order chi connectivity index (χ0) is 22.0. The number of nitrogens with one attached hydrogen (secondary N) is 2. The first kappa shape index (κ1) is 21.9. The monoisotopic (exact) mass is 430 g/mol. The van der Waals surface area contributed by atoms with Crippen LogP contribution in [0.3, 0.4) is 0 Å². The molecule has 0 radical (unpaired) electrons. The molecule has 3 N–H and O–H groups in total. The van der Waals surface area contributed by atoms with Crippen LogP contribution < -0.4 is 15.4 Å². The van der Waals surface area contributed by atoms with Gasteiger partial charge in [-0.1, -0.05) is 12.1 Å². The quantitative estimate of drug-likeness (QED) is 0.630. The van der Waals surface area contributed by atoms with Crippen molar-refractivity contribution in [2.24, 2.45) is 11.3 Å². The van der Waals surface area contributed by atoms with Gasteiger partial charge in [0.25, 0.3) is 0 Å². The second kappa shape index (κ2) is 9.04. The third-order valence-electron chi connectivity index (χ3n) is 7.19. The molecular weight excluding hydrogens is 396 g/mol. The number of carbonyl (C=O) groups excluding carboxylic acids is 2. The Kier molecular flexibility index (Phi) is 6.39. The highest BCUT2D eigenvalue weighted by Gasteiger charge is 2.56. The van der Waals surface area contributed by atoms with E-state index in [1.807, 2.05) is 36.2 Å². The zero-order valence-corrected chi connectivity index (χ0v) is 18.5. The number of aliphatic hydroxyl groups is 1. The summed E-state index contributed by atoms with van der Waals surface area (Å²) in [4.78, 5) is 29.2. The summed E-state index contributed by atoms with van der Waals surface area (Å²) >= 11 is 0. The first-order chi connectivity index (χ1) is 14.9. The molecule has 8 nitrogen and oxygen atoms in total. The first-order valence-corrected chi connectivity index (χ1v) is 11.2. The van der Waals surface area contributed by atoms with E-state index in [4.69, 9.17) is 4.74 Å². The highest BCUT2D eigenvalue weighted by atomic mass is 16.5. The summed E-state index contributed by atoms with van der Waals surface area (Å²) in [7, 11) is 3.65. The topological polar surface area (TPSA) is 94.1 Å². The summed E-state index contributed by atoms with van der Waals surface area (Å²) in [6, 6.07) is 7.57. The molecule has 31 heavy (non-hydrogen) atoms. The van der Waals surface area contributed by atoms with Gasteiger partial charge in [0.05, 0.1) is 19.8 Å². The maximum atomic E-state index is 12.9. The van der Waals surface area contributed by atoms with Crippen molar-refractivity contribution in [1.29, 1.82) is 0 Å². The molecule has 1 spiro atoms. The fraction of sp³-hybridized carbons (Fsp3) is 0.652. The van der Waals surface area contributed by atoms with E-state index >= 15 is 0 Å². The Balaban J connectivity index is 1.16. The van der Waals surface area contributed by atoms with Gasteiger partial charge in [-0.05, 0) is 55.8 Å². The molecule has 2 saturated carbocycles. The van der Waals surface area contributed by atoms with Crippen LogP contribution in [0.2, 0.25) is 0 Å². The molecule has 1 aromatic carbocycles. The van der Waals surface area contributed by atoms with Gasteiger partial charge in [-0.3, -0.25) is 4.79 Å². The van der Waals surface area contributed by atoms with Gasteiger partial charge in [0, 0.05) is 38.1 Å². The van der Waals surface area contributed by atoms with E-state index in [1.54, 1.807) is 7.11 Å². The van der Waals surface area contributed by atoms with E-state index in [2.05, 4.69) is 15.5 Å². The lowest BCUT2D eigenvalue weighted by molar-refractivity contribution is -0.155. The predicted molar refractivity (Wildman–Crippen MR) is 117 cm³/mol. The van der Waals surface area contributed by atoms with Crippen molar-refractivity contribution in [2.75, 3.05) is 40.4 Å². The molecule has 0 aromatic heterocycles. The van der Waals surface area contributed by atoms with E-state index in [0.717, 1.165) is 50.1 Å². The van der Waals surface area contributed by atoms with Gasteiger partial charge in [0.15, 0.2) is 0 Å². The van der Waals surface area contributed by atoms with Crippen molar-refractivity contribution in [3.63, 3.8) is 0 Å². The number of hydrogen-bond donors (Lipinski definition) is 3. The molecule has 1 unspecified atom stereocenters. The van der Waals surface area contributed by atoms with Crippen molar-refractivity contribution in [2.45, 2.75) is 44.3 Å². The molecule has 3 aliphatic rings. The minimum atomic E-state index is -0.147. The fourth-order valence-corrected chi connectivity index (χ4v) is 5.43. The molecule has 3 amide bonds. The molecule has 1 aromatic rings. The number of nitrogens with zero attached hydrogens (tertiary/aromatic N) is 2. The minimum Gasteiger partial charge on any atom is -0.497 e. The molecule has 1 atom stereocenters. The summed E-state index contributed by atoms with van der Waals surface area (Å²) in [6.07, 6.45) is 3.70. The number of rotatable bonds is 6. The van der Waals surface area contributed by atoms with Crippen molar-refractivity contribution in [3.05, 3.63) is 29.8 Å². The van der Waals surface area contributed by atoms with E-state index in [9.17, 15) is 14.7 Å². The number of urea groups is 1. The number of ether oxygens (including phenoxy) is 1. The van der Waals surface area contributed by atoms with E-state index in [0.29, 0.717) is 13.1 Å². The Bertz CT molecular complexity index is 785. The lowest BCUT2D eigenvalue weighted by atomic mass is 9.49. The van der Waals surface area contributed by atoms with Crippen molar-refractivity contribution in [3.8, 4) is 5.75 Å². The number of likely N-dealkylation sites (N-methyl/N-ethyl adjacent to an activating group) is 1. The van der Waals surface area contributed by atoms with Gasteiger partial charge in [0.1, 0.15) is 5.75 Å². The SMILES string of the molecule is COc1ccc(CNC(=O)NC2CC3(C2)CC(C(=O)N2CCN(C)CC2CO)C3)cc1. The van der Waals surface area contributed by atoms with Gasteiger partial charge in [-0.25, -0.2) is 4.79 Å². The average Bonchev–Trinajstić information content (AvgIpc) is 2.72. The minimum absolute atomic E-state index is 0.0194. The molecule has 0 bridgehead atoms. The molecule has 1 heterocycles. The maximum Gasteiger partial charge on any atom is 0.315 e. The van der Waals surface area contributed by atoms with Crippen LogP contribution in [0, 0.1) is 11.3 Å². The number of carbonyl (C=O) groups is 2. The Labute approximate surface area is 183 Å². The smallest absolute Gasteiger partial charge is 0.315 e. The van der Waals surface area contributed by atoms with Crippen LogP contribution in [0.25, 0.3) is 0 Å². The highest BCUT2D eigenvalue weighted by Crippen LogP contribution is 2.59. The van der Waals surface area contributed by atoms with Gasteiger partial charge >= 0.3 is 6.03 Å². The van der Waals surface area contributed by atoms with E-state index in [1.165, 1.54) is 0 Å². The third kappa shape index (κ3) is 4.80. The van der Waals surface area contributed by atoms with Crippen LogP contribution in [-0.4, -0.2) is 79.3 Å². The molecule has 4 rings (SSSR count). The maximum absolute atomic E-state index is 12.9. The van der Waals surface area contributed by atoms with E-state index < -0.39 is 0 Å². The zero-order valence-electron chi connectivity index (χ0n) is 18.5. The lowest BCUT2D eigenvalue weighted by Gasteiger charge is -2.58. The largest absolute Gasteiger partial charge is 0.497 e. The lowest BCUT2D eigenvalue weighted by Crippen LogP contribution is -2.62. The summed E-state index contributed by atoms with van der Waals surface area (Å²) in [5.41, 5.74) is 1.24.